The highest BCUT2D eigenvalue weighted by molar-refractivity contribution is 5.95. The van der Waals surface area contributed by atoms with Gasteiger partial charge in [0.1, 0.15) is 0 Å². The van der Waals surface area contributed by atoms with Crippen LogP contribution >= 0.6 is 0 Å². The molecule has 1 N–H and O–H groups in total. The number of ether oxygens (including phenoxy) is 1. The summed E-state index contributed by atoms with van der Waals surface area (Å²) in [6.07, 6.45) is -0.0297. The second kappa shape index (κ2) is 9.09. The SMILES string of the molecule is CCc1ccc(NC(=O)[C@@H](C)OC(=O)Cn2nnc(-c3ccc(C)cc3)n2)cc1. The minimum Gasteiger partial charge on any atom is -0.451 e. The number of hydrogen-bond donors (Lipinski definition) is 1. The summed E-state index contributed by atoms with van der Waals surface area (Å²) in [5, 5.41) is 14.7. The molecule has 1 heterocycles. The molecule has 0 fully saturated rings. The number of hydrogen-bond acceptors (Lipinski definition) is 6. The van der Waals surface area contributed by atoms with E-state index in [0.717, 1.165) is 22.3 Å². The van der Waals surface area contributed by atoms with Crippen LogP contribution in [-0.4, -0.2) is 38.2 Å². The van der Waals surface area contributed by atoms with Crippen molar-refractivity contribution >= 4 is 17.6 Å². The van der Waals surface area contributed by atoms with Gasteiger partial charge in [0.2, 0.25) is 5.82 Å². The Hall–Kier alpha value is -3.55. The summed E-state index contributed by atoms with van der Waals surface area (Å²) in [5.41, 5.74) is 3.75. The zero-order valence-corrected chi connectivity index (χ0v) is 16.6. The summed E-state index contributed by atoms with van der Waals surface area (Å²) < 4.78 is 5.18. The molecule has 8 heteroatoms. The third-order valence-corrected chi connectivity index (χ3v) is 4.34. The first-order valence-corrected chi connectivity index (χ1v) is 9.38. The number of carbonyl (C=O) groups excluding carboxylic acids is 2. The Bertz CT molecular complexity index is 980. The normalized spacial score (nSPS) is 11.7. The van der Waals surface area contributed by atoms with Gasteiger partial charge in [-0.05, 0) is 43.2 Å². The van der Waals surface area contributed by atoms with E-state index in [4.69, 9.17) is 4.74 Å². The lowest BCUT2D eigenvalue weighted by Gasteiger charge is -2.13. The summed E-state index contributed by atoms with van der Waals surface area (Å²) in [6, 6.07) is 15.2. The molecular formula is C21H23N5O3. The first-order chi connectivity index (χ1) is 13.9. The van der Waals surface area contributed by atoms with Crippen LogP contribution in [0, 0.1) is 6.92 Å². The van der Waals surface area contributed by atoms with E-state index in [2.05, 4.69) is 27.7 Å². The van der Waals surface area contributed by atoms with E-state index in [0.29, 0.717) is 11.5 Å². The fraction of sp³-hybridized carbons (Fsp3) is 0.286. The average molecular weight is 393 g/mol. The van der Waals surface area contributed by atoms with Crippen molar-refractivity contribution in [2.75, 3.05) is 5.32 Å². The summed E-state index contributed by atoms with van der Waals surface area (Å²) in [4.78, 5) is 25.5. The highest BCUT2D eigenvalue weighted by atomic mass is 16.5. The lowest BCUT2D eigenvalue weighted by atomic mass is 10.1. The first kappa shape index (κ1) is 20.2. The smallest absolute Gasteiger partial charge is 0.330 e. The second-order valence-corrected chi connectivity index (χ2v) is 6.68. The molecule has 1 amide bonds. The van der Waals surface area contributed by atoms with Crippen molar-refractivity contribution in [3.63, 3.8) is 0 Å². The third kappa shape index (κ3) is 5.47. The number of esters is 1. The molecular weight excluding hydrogens is 370 g/mol. The number of benzene rings is 2. The Morgan fingerprint density at radius 1 is 1.10 bits per heavy atom. The first-order valence-electron chi connectivity index (χ1n) is 9.38. The topological polar surface area (TPSA) is 99.0 Å². The summed E-state index contributed by atoms with van der Waals surface area (Å²) in [7, 11) is 0. The Balaban J connectivity index is 1.53. The van der Waals surface area contributed by atoms with Crippen LogP contribution in [0.15, 0.2) is 48.5 Å². The van der Waals surface area contributed by atoms with E-state index in [1.165, 1.54) is 12.5 Å². The van der Waals surface area contributed by atoms with Gasteiger partial charge in [0.25, 0.3) is 5.91 Å². The van der Waals surface area contributed by atoms with E-state index >= 15 is 0 Å². The fourth-order valence-corrected chi connectivity index (χ4v) is 2.60. The molecule has 0 spiro atoms. The van der Waals surface area contributed by atoms with Gasteiger partial charge in [-0.15, -0.1) is 10.2 Å². The molecule has 29 heavy (non-hydrogen) atoms. The molecule has 0 aliphatic heterocycles. The quantitative estimate of drug-likeness (QED) is 0.620. The van der Waals surface area contributed by atoms with Crippen molar-refractivity contribution in [3.8, 4) is 11.4 Å². The molecule has 0 bridgehead atoms. The number of aromatic nitrogens is 4. The van der Waals surface area contributed by atoms with E-state index in [-0.39, 0.29) is 6.54 Å². The van der Waals surface area contributed by atoms with Crippen LogP contribution in [0.5, 0.6) is 0 Å². The van der Waals surface area contributed by atoms with Gasteiger partial charge in [-0.2, -0.15) is 4.80 Å². The van der Waals surface area contributed by atoms with Gasteiger partial charge >= 0.3 is 5.97 Å². The van der Waals surface area contributed by atoms with Crippen LogP contribution < -0.4 is 5.32 Å². The van der Waals surface area contributed by atoms with E-state index in [1.807, 2.05) is 55.5 Å². The zero-order valence-electron chi connectivity index (χ0n) is 16.6. The van der Waals surface area contributed by atoms with E-state index < -0.39 is 18.0 Å². The van der Waals surface area contributed by atoms with Gasteiger partial charge < -0.3 is 10.1 Å². The molecule has 3 aromatic rings. The zero-order chi connectivity index (χ0) is 20.8. The molecule has 3 rings (SSSR count). The van der Waals surface area contributed by atoms with Gasteiger partial charge in [-0.25, -0.2) is 4.79 Å². The number of rotatable bonds is 7. The molecule has 1 aromatic heterocycles. The van der Waals surface area contributed by atoms with Gasteiger partial charge in [-0.3, -0.25) is 4.79 Å². The molecule has 0 aliphatic carbocycles. The third-order valence-electron chi connectivity index (χ3n) is 4.34. The van der Waals surface area contributed by atoms with Crippen molar-refractivity contribution in [3.05, 3.63) is 59.7 Å². The van der Waals surface area contributed by atoms with Crippen molar-refractivity contribution in [1.82, 2.24) is 20.2 Å². The number of nitrogens with one attached hydrogen (secondary N) is 1. The lowest BCUT2D eigenvalue weighted by Crippen LogP contribution is -2.31. The largest absolute Gasteiger partial charge is 0.451 e. The number of carbonyl (C=O) groups is 2. The van der Waals surface area contributed by atoms with E-state index in [1.54, 1.807) is 0 Å². The van der Waals surface area contributed by atoms with Gasteiger partial charge in [0.05, 0.1) is 0 Å². The standard InChI is InChI=1S/C21H23N5O3/c1-4-16-7-11-18(12-8-16)22-21(28)15(3)29-19(27)13-26-24-20(23-25-26)17-9-5-14(2)6-10-17/h5-12,15H,4,13H2,1-3H3,(H,22,28)/t15-/m1/s1. The van der Waals surface area contributed by atoms with Gasteiger partial charge in [0.15, 0.2) is 12.6 Å². The van der Waals surface area contributed by atoms with Crippen LogP contribution in [0.25, 0.3) is 11.4 Å². The van der Waals surface area contributed by atoms with Crippen LogP contribution in [0.1, 0.15) is 25.0 Å². The molecule has 1 atom stereocenters. The van der Waals surface area contributed by atoms with Crippen molar-refractivity contribution in [2.24, 2.45) is 0 Å². The monoisotopic (exact) mass is 393 g/mol. The molecule has 0 radical (unpaired) electrons. The van der Waals surface area contributed by atoms with E-state index in [9.17, 15) is 9.59 Å². The Kier molecular flexibility index (Phi) is 6.33. The Morgan fingerprint density at radius 2 is 1.79 bits per heavy atom. The predicted molar refractivity (Wildman–Crippen MR) is 108 cm³/mol. The number of amides is 1. The summed E-state index contributed by atoms with van der Waals surface area (Å²) >= 11 is 0. The molecule has 0 saturated carbocycles. The van der Waals surface area contributed by atoms with Crippen LogP contribution in [0.3, 0.4) is 0 Å². The molecule has 0 unspecified atom stereocenters. The summed E-state index contributed by atoms with van der Waals surface area (Å²) in [6.45, 7) is 5.33. The fourth-order valence-electron chi connectivity index (χ4n) is 2.60. The molecule has 150 valence electrons. The number of tetrazole rings is 1. The highest BCUT2D eigenvalue weighted by Gasteiger charge is 2.19. The number of nitrogens with zero attached hydrogens (tertiary/aromatic N) is 4. The maximum absolute atomic E-state index is 12.2. The predicted octanol–water partition coefficient (Wildman–Crippen LogP) is 2.78. The maximum atomic E-state index is 12.2. The van der Waals surface area contributed by atoms with Crippen molar-refractivity contribution < 1.29 is 14.3 Å². The van der Waals surface area contributed by atoms with Crippen LogP contribution in [0.4, 0.5) is 5.69 Å². The molecule has 8 nitrogen and oxygen atoms in total. The summed E-state index contributed by atoms with van der Waals surface area (Å²) in [5.74, 6) is -0.615. The molecule has 2 aromatic carbocycles. The Morgan fingerprint density at radius 3 is 2.45 bits per heavy atom. The van der Waals surface area contributed by atoms with Gasteiger partial charge in [-0.1, -0.05) is 48.9 Å². The second-order valence-electron chi connectivity index (χ2n) is 6.68. The minimum absolute atomic E-state index is 0.234. The number of aryl methyl sites for hydroxylation is 2. The molecule has 0 aliphatic rings. The van der Waals surface area contributed by atoms with Crippen LogP contribution in [-0.2, 0) is 27.3 Å². The average Bonchev–Trinajstić information content (AvgIpc) is 3.17. The Labute approximate surface area is 168 Å². The minimum atomic E-state index is -0.951. The maximum Gasteiger partial charge on any atom is 0.330 e. The van der Waals surface area contributed by atoms with Crippen molar-refractivity contribution in [2.45, 2.75) is 39.8 Å². The highest BCUT2D eigenvalue weighted by Crippen LogP contribution is 2.14. The van der Waals surface area contributed by atoms with Gasteiger partial charge in [0, 0.05) is 11.3 Å². The van der Waals surface area contributed by atoms with Crippen molar-refractivity contribution in [1.29, 1.82) is 0 Å². The van der Waals surface area contributed by atoms with Crippen LogP contribution in [0.2, 0.25) is 0 Å². The number of anilines is 1. The lowest BCUT2D eigenvalue weighted by molar-refractivity contribution is -0.154. The molecule has 0 saturated heterocycles.